The summed E-state index contributed by atoms with van der Waals surface area (Å²) >= 11 is -0.562. The second kappa shape index (κ2) is 5.05. The summed E-state index contributed by atoms with van der Waals surface area (Å²) in [4.78, 5) is 0. The number of nitrogens with zero attached hydrogens (tertiary/aromatic N) is 1. The second-order valence-electron chi connectivity index (χ2n) is 2.56. The molecule has 15 heavy (non-hydrogen) atoms. The van der Waals surface area contributed by atoms with Crippen molar-refractivity contribution in [1.82, 2.24) is 0 Å². The van der Waals surface area contributed by atoms with Crippen LogP contribution in [0.25, 0.3) is 0 Å². The highest BCUT2D eigenvalue weighted by molar-refractivity contribution is 7.95. The van der Waals surface area contributed by atoms with Crippen LogP contribution >= 0.6 is 12.0 Å². The molecule has 0 saturated carbocycles. The Balaban J connectivity index is 2.55. The van der Waals surface area contributed by atoms with Crippen molar-refractivity contribution in [2.45, 2.75) is 12.1 Å². The molecule has 0 bridgehead atoms. The summed E-state index contributed by atoms with van der Waals surface area (Å²) in [5.74, 6) is 0. The van der Waals surface area contributed by atoms with Crippen LogP contribution in [0.3, 0.4) is 0 Å². The molecule has 0 aliphatic rings. The van der Waals surface area contributed by atoms with Gasteiger partial charge in [0, 0.05) is 0 Å². The maximum atomic E-state index is 11.7. The van der Waals surface area contributed by atoms with Gasteiger partial charge in [0.05, 0.1) is 18.2 Å². The average molecular weight is 233 g/mol. The van der Waals surface area contributed by atoms with Crippen molar-refractivity contribution >= 4 is 12.0 Å². The van der Waals surface area contributed by atoms with Crippen molar-refractivity contribution in [3.8, 4) is 6.07 Å². The van der Waals surface area contributed by atoms with Gasteiger partial charge in [0.25, 0.3) is 0 Å². The summed E-state index contributed by atoms with van der Waals surface area (Å²) in [7, 11) is 0. The molecule has 1 rings (SSSR count). The number of halogens is 3. The Morgan fingerprint density at radius 2 is 2.00 bits per heavy atom. The molecule has 0 heterocycles. The molecule has 6 heteroatoms. The maximum absolute atomic E-state index is 11.7. The lowest BCUT2D eigenvalue weighted by Crippen LogP contribution is -2.01. The minimum atomic E-state index is -4.42. The monoisotopic (exact) mass is 233 g/mol. The van der Waals surface area contributed by atoms with Crippen LogP contribution in [0.1, 0.15) is 11.1 Å². The number of hydrogen-bond donors (Lipinski definition) is 0. The quantitative estimate of drug-likeness (QED) is 0.751. The van der Waals surface area contributed by atoms with Crippen LogP contribution in [0, 0.1) is 11.3 Å². The Hall–Kier alpha value is -1.19. The molecule has 0 aliphatic carbocycles. The number of alkyl halides is 3. The van der Waals surface area contributed by atoms with Gasteiger partial charge in [0.1, 0.15) is 12.0 Å². The lowest BCUT2D eigenvalue weighted by molar-refractivity contribution is -0.0400. The van der Waals surface area contributed by atoms with Crippen molar-refractivity contribution in [2.75, 3.05) is 0 Å². The van der Waals surface area contributed by atoms with E-state index in [1.165, 1.54) is 6.07 Å². The number of benzene rings is 1. The van der Waals surface area contributed by atoms with Gasteiger partial charge in [-0.1, -0.05) is 18.2 Å². The van der Waals surface area contributed by atoms with Gasteiger partial charge in [0.2, 0.25) is 0 Å². The highest BCUT2D eigenvalue weighted by Crippen LogP contribution is 2.31. The predicted octanol–water partition coefficient (Wildman–Crippen LogP) is 3.24. The van der Waals surface area contributed by atoms with Crippen molar-refractivity contribution in [2.24, 2.45) is 0 Å². The Labute approximate surface area is 88.9 Å². The minimum absolute atomic E-state index is 0.242. The minimum Gasteiger partial charge on any atom is -0.303 e. The molecule has 0 amide bonds. The Kier molecular flexibility index (Phi) is 4.00. The van der Waals surface area contributed by atoms with E-state index in [4.69, 9.17) is 5.26 Å². The molecule has 1 aromatic carbocycles. The summed E-state index contributed by atoms with van der Waals surface area (Å²) in [5.41, 5.74) is -3.65. The molecule has 0 N–H and O–H groups in total. The molecule has 0 aromatic heterocycles. The molecule has 0 saturated heterocycles. The van der Waals surface area contributed by atoms with Crippen molar-refractivity contribution in [3.05, 3.63) is 35.4 Å². The first-order valence-electron chi connectivity index (χ1n) is 3.88. The SMILES string of the molecule is N#Cc1ccccc1COSC(F)(F)F. The van der Waals surface area contributed by atoms with Crippen LogP contribution in [0.15, 0.2) is 24.3 Å². The number of nitriles is 1. The molecular formula is C9H6F3NOS. The normalized spacial score (nSPS) is 11.1. The number of hydrogen-bond acceptors (Lipinski definition) is 3. The summed E-state index contributed by atoms with van der Waals surface area (Å²) in [5, 5.41) is 8.64. The zero-order chi connectivity index (χ0) is 11.3. The van der Waals surface area contributed by atoms with E-state index in [1.807, 2.05) is 6.07 Å². The van der Waals surface area contributed by atoms with Gasteiger partial charge in [-0.25, -0.2) is 0 Å². The van der Waals surface area contributed by atoms with Gasteiger partial charge in [-0.15, -0.1) is 0 Å². The largest absolute Gasteiger partial charge is 0.467 e. The molecule has 0 atom stereocenters. The zero-order valence-corrected chi connectivity index (χ0v) is 8.23. The number of rotatable bonds is 3. The molecule has 0 fully saturated rings. The van der Waals surface area contributed by atoms with Gasteiger partial charge >= 0.3 is 5.51 Å². The summed E-state index contributed by atoms with van der Waals surface area (Å²) in [6.45, 7) is -0.242. The highest BCUT2D eigenvalue weighted by atomic mass is 32.2. The molecule has 0 spiro atoms. The Bertz CT molecular complexity index is 372. The van der Waals surface area contributed by atoms with Crippen LogP contribution in [0.5, 0.6) is 0 Å². The zero-order valence-electron chi connectivity index (χ0n) is 7.41. The van der Waals surface area contributed by atoms with Gasteiger partial charge in [0.15, 0.2) is 0 Å². The first-order chi connectivity index (χ1) is 7.03. The van der Waals surface area contributed by atoms with E-state index in [0.717, 1.165) is 0 Å². The van der Waals surface area contributed by atoms with E-state index in [0.29, 0.717) is 11.1 Å². The maximum Gasteiger partial charge on any atom is 0.467 e. The third-order valence-electron chi connectivity index (χ3n) is 1.51. The van der Waals surface area contributed by atoms with E-state index in [9.17, 15) is 13.2 Å². The fourth-order valence-corrected chi connectivity index (χ4v) is 1.23. The van der Waals surface area contributed by atoms with Crippen molar-refractivity contribution in [1.29, 1.82) is 5.26 Å². The standard InChI is InChI=1S/C9H6F3NOS/c10-9(11,12)15-14-6-8-4-2-1-3-7(8)5-13/h1-4H,6H2. The smallest absolute Gasteiger partial charge is 0.303 e. The van der Waals surface area contributed by atoms with Crippen LogP contribution in [-0.4, -0.2) is 5.51 Å². The summed E-state index contributed by atoms with van der Waals surface area (Å²) < 4.78 is 39.5. The Morgan fingerprint density at radius 3 is 2.60 bits per heavy atom. The molecular weight excluding hydrogens is 227 g/mol. The van der Waals surface area contributed by atoms with E-state index in [-0.39, 0.29) is 6.61 Å². The van der Waals surface area contributed by atoms with Crippen LogP contribution in [-0.2, 0) is 10.8 Å². The molecule has 0 radical (unpaired) electrons. The Morgan fingerprint density at radius 1 is 1.33 bits per heavy atom. The van der Waals surface area contributed by atoms with Gasteiger partial charge in [-0.3, -0.25) is 0 Å². The third kappa shape index (κ3) is 4.23. The lowest BCUT2D eigenvalue weighted by Gasteiger charge is -2.06. The van der Waals surface area contributed by atoms with E-state index < -0.39 is 17.6 Å². The van der Waals surface area contributed by atoms with Crippen LogP contribution in [0.2, 0.25) is 0 Å². The first-order valence-corrected chi connectivity index (χ1v) is 4.62. The topological polar surface area (TPSA) is 33.0 Å². The highest BCUT2D eigenvalue weighted by Gasteiger charge is 2.30. The van der Waals surface area contributed by atoms with Gasteiger partial charge < -0.3 is 4.18 Å². The lowest BCUT2D eigenvalue weighted by atomic mass is 10.1. The fraction of sp³-hybridized carbons (Fsp3) is 0.222. The van der Waals surface area contributed by atoms with Gasteiger partial charge in [-0.05, 0) is 11.6 Å². The molecule has 0 aliphatic heterocycles. The summed E-state index contributed by atoms with van der Waals surface area (Å²) in [6, 6.07) is 8.22. The first kappa shape index (κ1) is 11.9. The van der Waals surface area contributed by atoms with E-state index >= 15 is 0 Å². The molecule has 2 nitrogen and oxygen atoms in total. The molecule has 80 valence electrons. The fourth-order valence-electron chi connectivity index (χ4n) is 0.915. The average Bonchev–Trinajstić information content (AvgIpc) is 2.16. The molecule has 1 aromatic rings. The van der Waals surface area contributed by atoms with E-state index in [2.05, 4.69) is 4.18 Å². The van der Waals surface area contributed by atoms with Crippen molar-refractivity contribution in [3.63, 3.8) is 0 Å². The third-order valence-corrected chi connectivity index (χ3v) is 1.93. The van der Waals surface area contributed by atoms with Gasteiger partial charge in [-0.2, -0.15) is 18.4 Å². The summed E-state index contributed by atoms with van der Waals surface area (Å²) in [6.07, 6.45) is 0. The van der Waals surface area contributed by atoms with Crippen LogP contribution in [0.4, 0.5) is 13.2 Å². The predicted molar refractivity (Wildman–Crippen MR) is 49.6 cm³/mol. The van der Waals surface area contributed by atoms with Crippen LogP contribution < -0.4 is 0 Å². The van der Waals surface area contributed by atoms with Crippen molar-refractivity contribution < 1.29 is 17.4 Å². The molecule has 0 unspecified atom stereocenters. The second-order valence-corrected chi connectivity index (χ2v) is 3.43. The van der Waals surface area contributed by atoms with E-state index in [1.54, 1.807) is 18.2 Å².